The number of phenolic OH excluding ortho intramolecular Hbond substituents is 1. The van der Waals surface area contributed by atoms with Crippen LogP contribution in [0.15, 0.2) is 71.8 Å². The second-order valence-corrected chi connectivity index (χ2v) is 6.45. The van der Waals surface area contributed by atoms with E-state index in [-0.39, 0.29) is 23.3 Å². The van der Waals surface area contributed by atoms with Gasteiger partial charge in [-0.2, -0.15) is 0 Å². The summed E-state index contributed by atoms with van der Waals surface area (Å²) in [4.78, 5) is 32.5. The quantitative estimate of drug-likeness (QED) is 0.514. The van der Waals surface area contributed by atoms with Crippen molar-refractivity contribution in [1.82, 2.24) is 9.97 Å². The molecule has 0 amide bonds. The first-order chi connectivity index (χ1) is 14.1. The molecular weight excluding hydrogens is 368 g/mol. The van der Waals surface area contributed by atoms with Crippen molar-refractivity contribution in [2.45, 2.75) is 6.92 Å². The van der Waals surface area contributed by atoms with Gasteiger partial charge in [0.15, 0.2) is 0 Å². The van der Waals surface area contributed by atoms with Gasteiger partial charge >= 0.3 is 5.97 Å². The Hall–Kier alpha value is -3.93. The van der Waals surface area contributed by atoms with Crippen LogP contribution in [0.2, 0.25) is 0 Å². The van der Waals surface area contributed by atoms with Crippen molar-refractivity contribution in [1.29, 1.82) is 0 Å². The van der Waals surface area contributed by atoms with Crippen LogP contribution in [0.25, 0.3) is 33.2 Å². The largest absolute Gasteiger partial charge is 0.507 e. The number of aromatic hydroxyl groups is 1. The highest BCUT2D eigenvalue weighted by atomic mass is 16.5. The Labute approximate surface area is 166 Å². The zero-order chi connectivity index (χ0) is 20.4. The summed E-state index contributed by atoms with van der Waals surface area (Å²) in [6.45, 7) is 1.90. The molecule has 4 rings (SSSR count). The van der Waals surface area contributed by atoms with E-state index >= 15 is 0 Å². The third-order valence-corrected chi connectivity index (χ3v) is 4.64. The molecule has 4 aromatic rings. The van der Waals surface area contributed by atoms with E-state index in [0.29, 0.717) is 22.2 Å². The number of esters is 1. The highest BCUT2D eigenvalue weighted by Gasteiger charge is 2.23. The molecule has 0 bridgehead atoms. The summed E-state index contributed by atoms with van der Waals surface area (Å²) in [6.07, 6.45) is 3.29. The van der Waals surface area contributed by atoms with Gasteiger partial charge in [-0.25, -0.2) is 4.79 Å². The third kappa shape index (κ3) is 3.36. The molecule has 2 aromatic heterocycles. The molecule has 6 heteroatoms. The van der Waals surface area contributed by atoms with Crippen LogP contribution in [0.5, 0.6) is 5.75 Å². The maximum absolute atomic E-state index is 12.9. The minimum Gasteiger partial charge on any atom is -0.507 e. The maximum atomic E-state index is 12.9. The summed E-state index contributed by atoms with van der Waals surface area (Å²) in [5.41, 5.74) is 2.13. The molecule has 0 aliphatic heterocycles. The number of hydrogen-bond acceptors (Lipinski definition) is 5. The summed E-state index contributed by atoms with van der Waals surface area (Å²) < 4.78 is 5.27. The van der Waals surface area contributed by atoms with Crippen molar-refractivity contribution in [3.8, 4) is 28.1 Å². The predicted molar refractivity (Wildman–Crippen MR) is 111 cm³/mol. The van der Waals surface area contributed by atoms with Gasteiger partial charge in [0, 0.05) is 23.3 Å². The topological polar surface area (TPSA) is 92.3 Å². The Bertz CT molecular complexity index is 1250. The van der Waals surface area contributed by atoms with Crippen LogP contribution < -0.4 is 5.56 Å². The fraction of sp³-hybridized carbons (Fsp3) is 0.0870. The van der Waals surface area contributed by atoms with Crippen molar-refractivity contribution in [3.05, 3.63) is 82.9 Å². The predicted octanol–water partition coefficient (Wildman–Crippen LogP) is 4.14. The number of benzene rings is 2. The SMILES string of the molecule is CCOC(=O)c1c(-c2ccccc2)[nH]c(=O)c2c(O)cc(-c3cccnc3)cc12. The molecule has 6 nitrogen and oxygen atoms in total. The van der Waals surface area contributed by atoms with Crippen LogP contribution in [0.4, 0.5) is 0 Å². The summed E-state index contributed by atoms with van der Waals surface area (Å²) in [6, 6.07) is 15.9. The Morgan fingerprint density at radius 3 is 2.52 bits per heavy atom. The fourth-order valence-electron chi connectivity index (χ4n) is 3.37. The molecule has 0 aliphatic rings. The van der Waals surface area contributed by atoms with Gasteiger partial charge < -0.3 is 14.8 Å². The van der Waals surface area contributed by atoms with Crippen molar-refractivity contribution < 1.29 is 14.6 Å². The number of phenols is 1. The van der Waals surface area contributed by atoms with Gasteiger partial charge in [0.05, 0.1) is 23.3 Å². The zero-order valence-electron chi connectivity index (χ0n) is 15.7. The number of nitrogens with zero attached hydrogens (tertiary/aromatic N) is 1. The van der Waals surface area contributed by atoms with Crippen LogP contribution in [-0.2, 0) is 4.74 Å². The average molecular weight is 386 g/mol. The van der Waals surface area contributed by atoms with E-state index in [1.54, 1.807) is 43.6 Å². The maximum Gasteiger partial charge on any atom is 0.340 e. The zero-order valence-corrected chi connectivity index (χ0v) is 15.7. The molecule has 144 valence electrons. The Morgan fingerprint density at radius 1 is 1.07 bits per heavy atom. The van der Waals surface area contributed by atoms with E-state index in [1.807, 2.05) is 24.3 Å². The van der Waals surface area contributed by atoms with E-state index in [9.17, 15) is 14.7 Å². The number of aromatic nitrogens is 2. The number of fused-ring (bicyclic) bond motifs is 1. The standard InChI is InChI=1S/C23H18N2O4/c1-2-29-23(28)20-17-11-16(15-9-6-10-24-13-15)12-18(26)19(17)22(27)25-21(20)14-7-4-3-5-8-14/h3-13,26H,2H2,1H3,(H,25,27). The minimum atomic E-state index is -0.574. The molecule has 0 spiro atoms. The number of nitrogens with one attached hydrogen (secondary N) is 1. The van der Waals surface area contributed by atoms with Crippen LogP contribution >= 0.6 is 0 Å². The number of rotatable bonds is 4. The van der Waals surface area contributed by atoms with E-state index in [1.165, 1.54) is 6.07 Å². The molecule has 2 heterocycles. The number of H-pyrrole nitrogens is 1. The number of carbonyl (C=O) groups excluding carboxylic acids is 1. The summed E-state index contributed by atoms with van der Waals surface area (Å²) >= 11 is 0. The first kappa shape index (κ1) is 18.4. The van der Waals surface area contributed by atoms with E-state index in [0.717, 1.165) is 5.56 Å². The third-order valence-electron chi connectivity index (χ3n) is 4.64. The second kappa shape index (κ2) is 7.59. The van der Waals surface area contributed by atoms with Gasteiger partial charge in [0.1, 0.15) is 5.75 Å². The van der Waals surface area contributed by atoms with Gasteiger partial charge in [0.25, 0.3) is 5.56 Å². The first-order valence-corrected chi connectivity index (χ1v) is 9.16. The van der Waals surface area contributed by atoms with Gasteiger partial charge in [-0.1, -0.05) is 36.4 Å². The Balaban J connectivity index is 2.11. The van der Waals surface area contributed by atoms with Gasteiger partial charge in [-0.05, 0) is 36.2 Å². The second-order valence-electron chi connectivity index (χ2n) is 6.45. The van der Waals surface area contributed by atoms with Crippen molar-refractivity contribution in [2.24, 2.45) is 0 Å². The molecule has 0 aliphatic carbocycles. The molecule has 0 fully saturated rings. The number of pyridine rings is 2. The molecule has 0 unspecified atom stereocenters. The lowest BCUT2D eigenvalue weighted by Crippen LogP contribution is -2.16. The van der Waals surface area contributed by atoms with E-state index in [2.05, 4.69) is 9.97 Å². The molecule has 2 N–H and O–H groups in total. The lowest BCUT2D eigenvalue weighted by Gasteiger charge is -2.14. The van der Waals surface area contributed by atoms with Crippen LogP contribution in [0, 0.1) is 0 Å². The lowest BCUT2D eigenvalue weighted by atomic mass is 9.96. The summed E-state index contributed by atoms with van der Waals surface area (Å²) in [5, 5.41) is 11.0. The van der Waals surface area contributed by atoms with Crippen molar-refractivity contribution in [2.75, 3.05) is 6.61 Å². The number of hydrogen-bond donors (Lipinski definition) is 2. The van der Waals surface area contributed by atoms with Crippen molar-refractivity contribution >= 4 is 16.7 Å². The minimum absolute atomic E-state index is 0.0420. The highest BCUT2D eigenvalue weighted by molar-refractivity contribution is 6.11. The Morgan fingerprint density at radius 2 is 1.83 bits per heavy atom. The number of aromatic amines is 1. The molecule has 0 radical (unpaired) electrons. The average Bonchev–Trinajstić information content (AvgIpc) is 2.74. The monoisotopic (exact) mass is 386 g/mol. The normalized spacial score (nSPS) is 10.8. The first-order valence-electron chi connectivity index (χ1n) is 9.16. The molecular formula is C23H18N2O4. The smallest absolute Gasteiger partial charge is 0.340 e. The van der Waals surface area contributed by atoms with Crippen LogP contribution in [-0.4, -0.2) is 27.7 Å². The molecule has 0 atom stereocenters. The van der Waals surface area contributed by atoms with Gasteiger partial charge in [-0.3, -0.25) is 9.78 Å². The number of carbonyl (C=O) groups is 1. The van der Waals surface area contributed by atoms with Gasteiger partial charge in [0.2, 0.25) is 0 Å². The van der Waals surface area contributed by atoms with Crippen LogP contribution in [0.1, 0.15) is 17.3 Å². The summed E-state index contributed by atoms with van der Waals surface area (Å²) in [7, 11) is 0. The highest BCUT2D eigenvalue weighted by Crippen LogP contribution is 2.35. The van der Waals surface area contributed by atoms with Gasteiger partial charge in [-0.15, -0.1) is 0 Å². The van der Waals surface area contributed by atoms with Crippen molar-refractivity contribution in [3.63, 3.8) is 0 Å². The summed E-state index contributed by atoms with van der Waals surface area (Å²) in [5.74, 6) is -0.789. The fourth-order valence-corrected chi connectivity index (χ4v) is 3.37. The van der Waals surface area contributed by atoms with Crippen LogP contribution in [0.3, 0.4) is 0 Å². The molecule has 29 heavy (non-hydrogen) atoms. The molecule has 0 saturated carbocycles. The van der Waals surface area contributed by atoms with E-state index in [4.69, 9.17) is 4.74 Å². The number of ether oxygens (including phenoxy) is 1. The lowest BCUT2D eigenvalue weighted by molar-refractivity contribution is 0.0529. The van der Waals surface area contributed by atoms with E-state index < -0.39 is 11.5 Å². The molecule has 2 aromatic carbocycles. The molecule has 0 saturated heterocycles. The Kier molecular flexibility index (Phi) is 4.83.